The lowest BCUT2D eigenvalue weighted by Gasteiger charge is -2.04. The summed E-state index contributed by atoms with van der Waals surface area (Å²) in [4.78, 5) is -0.155. The number of rotatable bonds is 2. The van der Waals surface area contributed by atoms with Crippen LogP contribution in [-0.4, -0.2) is 18.1 Å². The van der Waals surface area contributed by atoms with E-state index < -0.39 is 10.1 Å². The molecule has 0 atom stereocenters. The molecule has 0 aliphatic heterocycles. The first-order valence-electron chi connectivity index (χ1n) is 6.16. The van der Waals surface area contributed by atoms with Crippen molar-refractivity contribution in [2.45, 2.75) is 11.8 Å². The lowest BCUT2D eigenvalue weighted by atomic mass is 10.1. The number of hydrogen-bond acceptors (Lipinski definition) is 4. The Morgan fingerprint density at radius 2 is 1.81 bits per heavy atom. The molecule has 5 nitrogen and oxygen atoms in total. The Balaban J connectivity index is 2.14. The van der Waals surface area contributed by atoms with Crippen LogP contribution in [0.25, 0.3) is 22.3 Å². The quantitative estimate of drug-likeness (QED) is 0.709. The molecule has 1 aromatic heterocycles. The molecule has 0 fully saturated rings. The molecular formula is C15H12O5S. The molecule has 0 unspecified atom stereocenters. The van der Waals surface area contributed by atoms with Gasteiger partial charge in [-0.25, -0.2) is 0 Å². The maximum Gasteiger partial charge on any atom is 0.294 e. The zero-order valence-corrected chi connectivity index (χ0v) is 11.9. The van der Waals surface area contributed by atoms with Gasteiger partial charge in [-0.05, 0) is 55.0 Å². The Labute approximate surface area is 121 Å². The van der Waals surface area contributed by atoms with Crippen molar-refractivity contribution in [3.8, 4) is 17.1 Å². The summed E-state index contributed by atoms with van der Waals surface area (Å²) in [6, 6.07) is 10.8. The van der Waals surface area contributed by atoms with Crippen LogP contribution in [0, 0.1) is 6.92 Å². The fourth-order valence-electron chi connectivity index (χ4n) is 2.24. The van der Waals surface area contributed by atoms with Gasteiger partial charge in [0.2, 0.25) is 0 Å². The summed E-state index contributed by atoms with van der Waals surface area (Å²) in [5.41, 5.74) is 2.01. The summed E-state index contributed by atoms with van der Waals surface area (Å²) in [6.07, 6.45) is 0. The number of fused-ring (bicyclic) bond motifs is 1. The van der Waals surface area contributed by atoms with Gasteiger partial charge in [-0.15, -0.1) is 0 Å². The molecule has 0 saturated carbocycles. The first-order valence-corrected chi connectivity index (χ1v) is 7.60. The molecule has 2 N–H and O–H groups in total. The average Bonchev–Trinajstić information content (AvgIpc) is 2.80. The molecule has 6 heteroatoms. The maximum atomic E-state index is 11.1. The molecule has 3 aromatic rings. The molecular weight excluding hydrogens is 292 g/mol. The van der Waals surface area contributed by atoms with Crippen LogP contribution >= 0.6 is 0 Å². The van der Waals surface area contributed by atoms with E-state index in [1.807, 2.05) is 0 Å². The second kappa shape index (κ2) is 4.61. The van der Waals surface area contributed by atoms with Gasteiger partial charge in [0.1, 0.15) is 17.1 Å². The monoisotopic (exact) mass is 304 g/mol. The molecule has 0 aliphatic rings. The van der Waals surface area contributed by atoms with Crippen molar-refractivity contribution in [3.05, 3.63) is 48.0 Å². The molecule has 3 rings (SSSR count). The van der Waals surface area contributed by atoms with Crippen molar-refractivity contribution in [3.63, 3.8) is 0 Å². The summed E-state index contributed by atoms with van der Waals surface area (Å²) >= 11 is 0. The first kappa shape index (κ1) is 13.7. The summed E-state index contributed by atoms with van der Waals surface area (Å²) in [5.74, 6) is 0.711. The molecule has 0 saturated heterocycles. The minimum atomic E-state index is -4.22. The third-order valence-electron chi connectivity index (χ3n) is 3.26. The number of phenols is 1. The number of aromatic hydroxyl groups is 1. The third-order valence-corrected chi connectivity index (χ3v) is 4.11. The SMILES string of the molecule is Cc1cc(S(=O)(=O)O)ccc1-c1cc2cc(O)ccc2o1. The smallest absolute Gasteiger partial charge is 0.294 e. The van der Waals surface area contributed by atoms with Gasteiger partial charge < -0.3 is 9.52 Å². The number of phenolic OH excluding ortho intramolecular Hbond substituents is 1. The zero-order valence-electron chi connectivity index (χ0n) is 11.1. The number of benzene rings is 2. The van der Waals surface area contributed by atoms with Crippen molar-refractivity contribution in [1.82, 2.24) is 0 Å². The van der Waals surface area contributed by atoms with Gasteiger partial charge in [0.05, 0.1) is 4.90 Å². The van der Waals surface area contributed by atoms with Gasteiger partial charge in [-0.1, -0.05) is 0 Å². The Kier molecular flexibility index (Phi) is 3.00. The van der Waals surface area contributed by atoms with Crippen molar-refractivity contribution < 1.29 is 22.5 Å². The van der Waals surface area contributed by atoms with E-state index in [0.29, 0.717) is 16.9 Å². The summed E-state index contributed by atoms with van der Waals surface area (Å²) in [7, 11) is -4.22. The van der Waals surface area contributed by atoms with Crippen LogP contribution < -0.4 is 0 Å². The summed E-state index contributed by atoms with van der Waals surface area (Å²) < 4.78 is 37.0. The van der Waals surface area contributed by atoms with Crippen molar-refractivity contribution >= 4 is 21.1 Å². The van der Waals surface area contributed by atoms with Crippen LogP contribution in [0.4, 0.5) is 0 Å². The fourth-order valence-corrected chi connectivity index (χ4v) is 2.80. The minimum absolute atomic E-state index is 0.147. The molecule has 0 bridgehead atoms. The molecule has 2 aromatic carbocycles. The number of furan rings is 1. The van der Waals surface area contributed by atoms with Crippen LogP contribution in [0.2, 0.25) is 0 Å². The van der Waals surface area contributed by atoms with E-state index in [4.69, 9.17) is 8.97 Å². The molecule has 0 spiro atoms. The van der Waals surface area contributed by atoms with Crippen LogP contribution in [0.5, 0.6) is 5.75 Å². The van der Waals surface area contributed by atoms with E-state index in [2.05, 4.69) is 0 Å². The van der Waals surface area contributed by atoms with Crippen molar-refractivity contribution in [2.24, 2.45) is 0 Å². The molecule has 0 amide bonds. The molecule has 108 valence electrons. The average molecular weight is 304 g/mol. The van der Waals surface area contributed by atoms with Gasteiger partial charge in [0, 0.05) is 10.9 Å². The highest BCUT2D eigenvalue weighted by Crippen LogP contribution is 2.32. The highest BCUT2D eigenvalue weighted by molar-refractivity contribution is 7.85. The summed E-state index contributed by atoms with van der Waals surface area (Å²) in [6.45, 7) is 1.73. The normalized spacial score (nSPS) is 11.9. The predicted octanol–water partition coefficient (Wildman–Crippen LogP) is 3.36. The molecule has 0 radical (unpaired) electrons. The van der Waals surface area contributed by atoms with Crippen LogP contribution in [0.15, 0.2) is 51.8 Å². The zero-order chi connectivity index (χ0) is 15.2. The largest absolute Gasteiger partial charge is 0.508 e. The minimum Gasteiger partial charge on any atom is -0.508 e. The van der Waals surface area contributed by atoms with Crippen molar-refractivity contribution in [2.75, 3.05) is 0 Å². The standard InChI is InChI=1S/C15H12O5S/c1-9-6-12(21(17,18)19)3-4-13(9)15-8-10-7-11(16)2-5-14(10)20-15/h2-8,16H,1H3,(H,17,18,19). The van der Waals surface area contributed by atoms with Crippen LogP contribution in [0.3, 0.4) is 0 Å². The second-order valence-corrected chi connectivity index (χ2v) is 6.21. The van der Waals surface area contributed by atoms with E-state index in [-0.39, 0.29) is 10.6 Å². The lowest BCUT2D eigenvalue weighted by Crippen LogP contribution is -1.98. The second-order valence-electron chi connectivity index (χ2n) is 4.78. The molecule has 21 heavy (non-hydrogen) atoms. The Hall–Kier alpha value is -2.31. The highest BCUT2D eigenvalue weighted by atomic mass is 32.2. The van der Waals surface area contributed by atoms with Gasteiger partial charge in [-0.2, -0.15) is 8.42 Å². The first-order chi connectivity index (χ1) is 9.84. The third kappa shape index (κ3) is 2.51. The predicted molar refractivity (Wildman–Crippen MR) is 77.9 cm³/mol. The summed E-state index contributed by atoms with van der Waals surface area (Å²) in [5, 5.41) is 10.2. The molecule has 1 heterocycles. The van der Waals surface area contributed by atoms with E-state index in [9.17, 15) is 13.5 Å². The lowest BCUT2D eigenvalue weighted by molar-refractivity contribution is 0.475. The van der Waals surface area contributed by atoms with E-state index in [0.717, 1.165) is 10.9 Å². The fraction of sp³-hybridized carbons (Fsp3) is 0.0667. The van der Waals surface area contributed by atoms with E-state index in [1.54, 1.807) is 31.2 Å². The van der Waals surface area contributed by atoms with Gasteiger partial charge in [0.15, 0.2) is 0 Å². The highest BCUT2D eigenvalue weighted by Gasteiger charge is 2.14. The maximum absolute atomic E-state index is 11.1. The Morgan fingerprint density at radius 3 is 2.48 bits per heavy atom. The molecule has 0 aliphatic carbocycles. The van der Waals surface area contributed by atoms with Gasteiger partial charge in [0.25, 0.3) is 10.1 Å². The van der Waals surface area contributed by atoms with Crippen LogP contribution in [-0.2, 0) is 10.1 Å². The van der Waals surface area contributed by atoms with Crippen molar-refractivity contribution in [1.29, 1.82) is 0 Å². The topological polar surface area (TPSA) is 87.7 Å². The number of hydrogen-bond donors (Lipinski definition) is 2. The van der Waals surface area contributed by atoms with E-state index >= 15 is 0 Å². The number of aryl methyl sites for hydroxylation is 1. The van der Waals surface area contributed by atoms with Gasteiger partial charge in [-0.3, -0.25) is 4.55 Å². The Bertz CT molecular complexity index is 938. The van der Waals surface area contributed by atoms with Crippen LogP contribution in [0.1, 0.15) is 5.56 Å². The van der Waals surface area contributed by atoms with E-state index in [1.165, 1.54) is 18.2 Å². The Morgan fingerprint density at radius 1 is 1.05 bits per heavy atom. The van der Waals surface area contributed by atoms with Gasteiger partial charge >= 0.3 is 0 Å².